The Labute approximate surface area is 121 Å². The summed E-state index contributed by atoms with van der Waals surface area (Å²) < 4.78 is 15.5. The average molecular weight is 296 g/mol. The number of fused-ring (bicyclic) bond motifs is 1. The van der Waals surface area contributed by atoms with Gasteiger partial charge in [0.25, 0.3) is 0 Å². The van der Waals surface area contributed by atoms with Crippen LogP contribution >= 0.6 is 11.6 Å². The highest BCUT2D eigenvalue weighted by molar-refractivity contribution is 6.39. The largest absolute Gasteiger partial charge is 0.496 e. The van der Waals surface area contributed by atoms with E-state index in [0.29, 0.717) is 22.4 Å². The van der Waals surface area contributed by atoms with Crippen molar-refractivity contribution in [1.82, 2.24) is 4.98 Å². The molecule has 0 atom stereocenters. The predicted octanol–water partition coefficient (Wildman–Crippen LogP) is 3.08. The molecule has 0 N–H and O–H groups in total. The Kier molecular flexibility index (Phi) is 4.29. The van der Waals surface area contributed by atoms with Crippen LogP contribution in [0.25, 0.3) is 10.9 Å². The Hall–Kier alpha value is -2.01. The maximum atomic E-state index is 11.8. The minimum absolute atomic E-state index is 0.201. The van der Waals surface area contributed by atoms with Crippen molar-refractivity contribution < 1.29 is 19.0 Å². The van der Waals surface area contributed by atoms with E-state index in [2.05, 4.69) is 4.98 Å². The van der Waals surface area contributed by atoms with E-state index in [4.69, 9.17) is 25.8 Å². The molecule has 2 rings (SSSR count). The third kappa shape index (κ3) is 2.36. The van der Waals surface area contributed by atoms with Crippen molar-refractivity contribution in [3.05, 3.63) is 28.9 Å². The highest BCUT2D eigenvalue weighted by Crippen LogP contribution is 2.38. The number of carbonyl (C=O) groups is 1. The fourth-order valence-corrected chi connectivity index (χ4v) is 2.21. The van der Waals surface area contributed by atoms with Crippen LogP contribution in [0.4, 0.5) is 0 Å². The molecule has 106 valence electrons. The summed E-state index contributed by atoms with van der Waals surface area (Å²) in [6, 6.07) is 3.44. The summed E-state index contributed by atoms with van der Waals surface area (Å²) in [4.78, 5) is 16.1. The van der Waals surface area contributed by atoms with Gasteiger partial charge in [0.15, 0.2) is 0 Å². The van der Waals surface area contributed by atoms with E-state index >= 15 is 0 Å². The number of ether oxygens (including phenoxy) is 3. The first-order chi connectivity index (χ1) is 9.63. The lowest BCUT2D eigenvalue weighted by atomic mass is 10.1. The Morgan fingerprint density at radius 1 is 1.25 bits per heavy atom. The predicted molar refractivity (Wildman–Crippen MR) is 75.8 cm³/mol. The number of methoxy groups -OCH3 is 2. The Morgan fingerprint density at radius 2 is 1.90 bits per heavy atom. The molecule has 0 radical (unpaired) electrons. The second-order valence-corrected chi connectivity index (χ2v) is 4.28. The van der Waals surface area contributed by atoms with E-state index in [1.54, 1.807) is 19.1 Å². The van der Waals surface area contributed by atoms with Gasteiger partial charge in [-0.25, -0.2) is 4.79 Å². The number of nitrogens with zero attached hydrogens (tertiary/aromatic N) is 1. The van der Waals surface area contributed by atoms with Gasteiger partial charge >= 0.3 is 5.97 Å². The minimum atomic E-state index is -0.517. The molecule has 0 spiro atoms. The van der Waals surface area contributed by atoms with E-state index in [9.17, 15) is 4.79 Å². The van der Waals surface area contributed by atoms with Crippen molar-refractivity contribution in [2.24, 2.45) is 0 Å². The minimum Gasteiger partial charge on any atom is -0.496 e. The number of rotatable bonds is 4. The molecular formula is C14H14ClNO4. The highest BCUT2D eigenvalue weighted by atomic mass is 35.5. The standard InChI is InChI=1S/C14H14ClNO4/c1-4-20-14(17)8-7-16-13-10(19-3)6-5-9(18-2)11(13)12(8)15/h5-7H,4H2,1-3H3. The quantitative estimate of drug-likeness (QED) is 0.811. The van der Waals surface area contributed by atoms with Crippen molar-refractivity contribution in [2.45, 2.75) is 6.92 Å². The molecule has 0 aliphatic carbocycles. The SMILES string of the molecule is CCOC(=O)c1cnc2c(OC)ccc(OC)c2c1Cl. The maximum absolute atomic E-state index is 11.8. The van der Waals surface area contributed by atoms with Crippen LogP contribution in [0.3, 0.4) is 0 Å². The molecule has 0 aliphatic heterocycles. The van der Waals surface area contributed by atoms with Crippen LogP contribution in [0.2, 0.25) is 5.02 Å². The van der Waals surface area contributed by atoms with Crippen LogP contribution in [0, 0.1) is 0 Å². The topological polar surface area (TPSA) is 57.7 Å². The van der Waals surface area contributed by atoms with Crippen LogP contribution < -0.4 is 9.47 Å². The number of halogens is 1. The number of hydrogen-bond donors (Lipinski definition) is 0. The summed E-state index contributed by atoms with van der Waals surface area (Å²) in [5, 5.41) is 0.767. The Bertz CT molecular complexity index is 657. The van der Waals surface area contributed by atoms with Gasteiger partial charge in [0.2, 0.25) is 0 Å². The lowest BCUT2D eigenvalue weighted by Crippen LogP contribution is -2.06. The summed E-state index contributed by atoms with van der Waals surface area (Å²) in [6.07, 6.45) is 1.38. The van der Waals surface area contributed by atoms with E-state index in [1.165, 1.54) is 20.4 Å². The number of hydrogen-bond acceptors (Lipinski definition) is 5. The first-order valence-electron chi connectivity index (χ1n) is 6.00. The summed E-state index contributed by atoms with van der Waals surface area (Å²) in [5.74, 6) is 0.555. The van der Waals surface area contributed by atoms with Gasteiger partial charge in [-0.1, -0.05) is 11.6 Å². The van der Waals surface area contributed by atoms with Crippen LogP contribution in [-0.4, -0.2) is 31.8 Å². The normalized spacial score (nSPS) is 10.4. The van der Waals surface area contributed by atoms with E-state index < -0.39 is 5.97 Å². The number of carbonyl (C=O) groups excluding carboxylic acids is 1. The zero-order chi connectivity index (χ0) is 14.7. The molecule has 0 saturated heterocycles. The number of benzene rings is 1. The van der Waals surface area contributed by atoms with Crippen molar-refractivity contribution in [3.8, 4) is 11.5 Å². The maximum Gasteiger partial charge on any atom is 0.341 e. The first kappa shape index (κ1) is 14.4. The third-order valence-electron chi connectivity index (χ3n) is 2.82. The first-order valence-corrected chi connectivity index (χ1v) is 6.38. The number of pyridine rings is 1. The third-order valence-corrected chi connectivity index (χ3v) is 3.21. The summed E-state index contributed by atoms with van der Waals surface area (Å²) in [5.41, 5.74) is 0.734. The van der Waals surface area contributed by atoms with Crippen molar-refractivity contribution >= 4 is 28.5 Å². The average Bonchev–Trinajstić information content (AvgIpc) is 2.46. The molecule has 0 fully saturated rings. The van der Waals surface area contributed by atoms with Crippen LogP contribution in [0.15, 0.2) is 18.3 Å². The van der Waals surface area contributed by atoms with Gasteiger partial charge in [-0.2, -0.15) is 0 Å². The molecule has 2 aromatic rings. The molecule has 0 unspecified atom stereocenters. The van der Waals surface area contributed by atoms with Gasteiger partial charge in [-0.15, -0.1) is 0 Å². The summed E-state index contributed by atoms with van der Waals surface area (Å²) in [6.45, 7) is 1.99. The smallest absolute Gasteiger partial charge is 0.341 e. The fraction of sp³-hybridized carbons (Fsp3) is 0.286. The molecule has 0 amide bonds. The molecule has 1 heterocycles. The molecule has 0 saturated carbocycles. The van der Waals surface area contributed by atoms with Gasteiger partial charge in [0, 0.05) is 6.20 Å². The highest BCUT2D eigenvalue weighted by Gasteiger charge is 2.19. The summed E-state index contributed by atoms with van der Waals surface area (Å²) >= 11 is 6.31. The van der Waals surface area contributed by atoms with Crippen LogP contribution in [0.1, 0.15) is 17.3 Å². The zero-order valence-electron chi connectivity index (χ0n) is 11.4. The molecule has 1 aromatic carbocycles. The second-order valence-electron chi connectivity index (χ2n) is 3.90. The lowest BCUT2D eigenvalue weighted by Gasteiger charge is -2.12. The fourth-order valence-electron chi connectivity index (χ4n) is 1.90. The van der Waals surface area contributed by atoms with Crippen molar-refractivity contribution in [1.29, 1.82) is 0 Å². The molecule has 6 heteroatoms. The lowest BCUT2D eigenvalue weighted by molar-refractivity contribution is 0.0526. The van der Waals surface area contributed by atoms with Crippen LogP contribution in [-0.2, 0) is 4.74 Å². The van der Waals surface area contributed by atoms with E-state index in [1.807, 2.05) is 0 Å². The monoisotopic (exact) mass is 295 g/mol. The second kappa shape index (κ2) is 5.96. The summed E-state index contributed by atoms with van der Waals surface area (Å²) in [7, 11) is 3.06. The van der Waals surface area contributed by atoms with Crippen molar-refractivity contribution in [2.75, 3.05) is 20.8 Å². The van der Waals surface area contributed by atoms with Gasteiger partial charge in [0.1, 0.15) is 17.0 Å². The number of esters is 1. The van der Waals surface area contributed by atoms with Crippen LogP contribution in [0.5, 0.6) is 11.5 Å². The molecular weight excluding hydrogens is 282 g/mol. The molecule has 0 aliphatic rings. The van der Waals surface area contributed by atoms with Gasteiger partial charge < -0.3 is 14.2 Å². The Morgan fingerprint density at radius 3 is 2.50 bits per heavy atom. The molecule has 0 bridgehead atoms. The van der Waals surface area contributed by atoms with Gasteiger partial charge in [-0.05, 0) is 19.1 Å². The molecule has 20 heavy (non-hydrogen) atoms. The number of aromatic nitrogens is 1. The van der Waals surface area contributed by atoms with Gasteiger partial charge in [0.05, 0.1) is 36.8 Å². The Balaban J connectivity index is 2.73. The van der Waals surface area contributed by atoms with Gasteiger partial charge in [-0.3, -0.25) is 4.98 Å². The zero-order valence-corrected chi connectivity index (χ0v) is 12.2. The van der Waals surface area contributed by atoms with E-state index in [-0.39, 0.29) is 17.2 Å². The molecule has 5 nitrogen and oxygen atoms in total. The molecule has 1 aromatic heterocycles. The van der Waals surface area contributed by atoms with E-state index in [0.717, 1.165) is 0 Å². The van der Waals surface area contributed by atoms with Crippen molar-refractivity contribution in [3.63, 3.8) is 0 Å².